The van der Waals surface area contributed by atoms with Gasteiger partial charge in [0.1, 0.15) is 4.90 Å². The fourth-order valence-electron chi connectivity index (χ4n) is 2.52. The Hall–Kier alpha value is -1.92. The molecule has 31 heavy (non-hydrogen) atoms. The van der Waals surface area contributed by atoms with Crippen LogP contribution >= 0.6 is 23.2 Å². The Balaban J connectivity index is 2.08. The second-order valence-corrected chi connectivity index (χ2v) is 9.73. The van der Waals surface area contributed by atoms with Crippen LogP contribution in [0.1, 0.15) is 24.2 Å². The van der Waals surface area contributed by atoms with Gasteiger partial charge in [-0.25, -0.2) is 18.0 Å². The third-order valence-corrected chi connectivity index (χ3v) is 6.76. The number of urea groups is 1. The van der Waals surface area contributed by atoms with Crippen LogP contribution in [0.5, 0.6) is 0 Å². The maximum atomic E-state index is 12.9. The maximum Gasteiger partial charge on any atom is 0.340 e. The van der Waals surface area contributed by atoms with Crippen LogP contribution in [0, 0.1) is 5.92 Å². The minimum absolute atomic E-state index is 0.139. The van der Waals surface area contributed by atoms with Crippen LogP contribution in [0.4, 0.5) is 4.79 Å². The van der Waals surface area contributed by atoms with Gasteiger partial charge in [0.25, 0.3) is 5.91 Å². The number of amides is 3. The largest absolute Gasteiger partial charge is 0.452 e. The van der Waals surface area contributed by atoms with Gasteiger partial charge >= 0.3 is 12.0 Å². The monoisotopic (exact) mass is 495 g/mol. The summed E-state index contributed by atoms with van der Waals surface area (Å²) in [4.78, 5) is 35.4. The number of nitrogens with zero attached hydrogens (tertiary/aromatic N) is 1. The summed E-state index contributed by atoms with van der Waals surface area (Å²) in [6.07, 6.45) is 0. The smallest absolute Gasteiger partial charge is 0.340 e. The van der Waals surface area contributed by atoms with E-state index in [2.05, 4.69) is 5.32 Å². The Morgan fingerprint density at radius 1 is 1.16 bits per heavy atom. The molecule has 1 saturated heterocycles. The number of hydrogen-bond acceptors (Lipinski definition) is 7. The number of carbonyl (C=O) groups excluding carboxylic acids is 3. The van der Waals surface area contributed by atoms with Gasteiger partial charge in [0, 0.05) is 19.6 Å². The molecule has 0 bridgehead atoms. The molecule has 0 radical (unpaired) electrons. The molecule has 3 amide bonds. The number of carbonyl (C=O) groups is 3. The van der Waals surface area contributed by atoms with Crippen molar-refractivity contribution in [2.75, 3.05) is 39.5 Å². The predicted octanol–water partition coefficient (Wildman–Crippen LogP) is 1.65. The molecule has 0 atom stereocenters. The van der Waals surface area contributed by atoms with Crippen LogP contribution in [0.3, 0.4) is 0 Å². The zero-order valence-corrected chi connectivity index (χ0v) is 19.3. The van der Waals surface area contributed by atoms with Gasteiger partial charge in [0.2, 0.25) is 10.0 Å². The summed E-state index contributed by atoms with van der Waals surface area (Å²) in [7, 11) is -4.00. The standard InChI is InChI=1S/C18H23Cl2N3O7S/c1-11(2)9-21-18(26)22-16(24)10-30-17(25)12-7-15(14(20)8-13(12)19)31(27,28)23-3-5-29-6-4-23/h7-8,11H,3-6,9-10H2,1-2H3,(H2,21,22,24,26). The first kappa shape index (κ1) is 25.3. The molecule has 10 nitrogen and oxygen atoms in total. The average Bonchev–Trinajstić information content (AvgIpc) is 2.71. The number of rotatable bonds is 7. The topological polar surface area (TPSA) is 131 Å². The third-order valence-electron chi connectivity index (χ3n) is 4.09. The van der Waals surface area contributed by atoms with Gasteiger partial charge in [0.05, 0.1) is 28.8 Å². The average molecular weight is 496 g/mol. The van der Waals surface area contributed by atoms with Crippen LogP contribution in [0.25, 0.3) is 0 Å². The van der Waals surface area contributed by atoms with Crippen molar-refractivity contribution >= 4 is 51.1 Å². The Morgan fingerprint density at radius 3 is 2.42 bits per heavy atom. The van der Waals surface area contributed by atoms with Crippen LogP contribution < -0.4 is 10.6 Å². The van der Waals surface area contributed by atoms with Gasteiger partial charge in [-0.3, -0.25) is 10.1 Å². The Bertz CT molecular complexity index is 948. The predicted molar refractivity (Wildman–Crippen MR) is 113 cm³/mol. The number of sulfonamides is 1. The first-order valence-electron chi connectivity index (χ1n) is 9.34. The molecular weight excluding hydrogens is 473 g/mol. The van der Waals surface area contributed by atoms with Crippen LogP contribution in [0.15, 0.2) is 17.0 Å². The van der Waals surface area contributed by atoms with Crippen LogP contribution in [-0.4, -0.2) is 70.1 Å². The molecule has 2 rings (SSSR count). The van der Waals surface area contributed by atoms with Crippen LogP contribution in [0.2, 0.25) is 10.0 Å². The Morgan fingerprint density at radius 2 is 1.81 bits per heavy atom. The molecule has 13 heteroatoms. The van der Waals surface area contributed by atoms with E-state index in [4.69, 9.17) is 32.7 Å². The lowest BCUT2D eigenvalue weighted by Crippen LogP contribution is -2.42. The summed E-state index contributed by atoms with van der Waals surface area (Å²) in [5.74, 6) is -1.72. The minimum Gasteiger partial charge on any atom is -0.452 e. The van der Waals surface area contributed by atoms with E-state index in [1.165, 1.54) is 4.31 Å². The van der Waals surface area contributed by atoms with E-state index in [0.29, 0.717) is 6.54 Å². The molecular formula is C18H23Cl2N3O7S. The molecule has 0 spiro atoms. The van der Waals surface area contributed by atoms with Gasteiger partial charge in [0.15, 0.2) is 6.61 Å². The van der Waals surface area contributed by atoms with E-state index < -0.39 is 34.5 Å². The molecule has 2 N–H and O–H groups in total. The molecule has 1 fully saturated rings. The SMILES string of the molecule is CC(C)CNC(=O)NC(=O)COC(=O)c1cc(S(=O)(=O)N2CCOCC2)c(Cl)cc1Cl. The molecule has 1 aliphatic rings. The lowest BCUT2D eigenvalue weighted by atomic mass is 10.2. The number of benzene rings is 1. The van der Waals surface area contributed by atoms with Gasteiger partial charge in [-0.15, -0.1) is 0 Å². The van der Waals surface area contributed by atoms with Crippen molar-refractivity contribution in [1.82, 2.24) is 14.9 Å². The zero-order valence-electron chi connectivity index (χ0n) is 16.9. The van der Waals surface area contributed by atoms with E-state index in [0.717, 1.165) is 12.1 Å². The van der Waals surface area contributed by atoms with Crippen molar-refractivity contribution in [2.45, 2.75) is 18.7 Å². The summed E-state index contributed by atoms with van der Waals surface area (Å²) in [6, 6.07) is 1.40. The highest BCUT2D eigenvalue weighted by atomic mass is 35.5. The highest BCUT2D eigenvalue weighted by Crippen LogP contribution is 2.31. The molecule has 0 saturated carbocycles. The van der Waals surface area contributed by atoms with E-state index in [1.54, 1.807) is 0 Å². The molecule has 1 aromatic rings. The number of esters is 1. The lowest BCUT2D eigenvalue weighted by molar-refractivity contribution is -0.123. The first-order chi connectivity index (χ1) is 14.5. The van der Waals surface area contributed by atoms with Gasteiger partial charge in [-0.1, -0.05) is 37.0 Å². The summed E-state index contributed by atoms with van der Waals surface area (Å²) < 4.78 is 36.9. The molecule has 0 unspecified atom stereocenters. The second-order valence-electron chi connectivity index (χ2n) is 7.01. The van der Waals surface area contributed by atoms with Gasteiger partial charge < -0.3 is 14.8 Å². The van der Waals surface area contributed by atoms with Crippen molar-refractivity contribution in [3.8, 4) is 0 Å². The second kappa shape index (κ2) is 11.1. The van der Waals surface area contributed by atoms with E-state index in [9.17, 15) is 22.8 Å². The number of imide groups is 1. The quantitative estimate of drug-likeness (QED) is 0.549. The maximum absolute atomic E-state index is 12.9. The van der Waals surface area contributed by atoms with E-state index in [-0.39, 0.29) is 52.7 Å². The van der Waals surface area contributed by atoms with Crippen molar-refractivity contribution in [1.29, 1.82) is 0 Å². The zero-order chi connectivity index (χ0) is 23.2. The van der Waals surface area contributed by atoms with E-state index in [1.807, 2.05) is 19.2 Å². The summed E-state index contributed by atoms with van der Waals surface area (Å²) in [5.41, 5.74) is -0.282. The number of halogens is 2. The molecule has 1 aromatic carbocycles. The fraction of sp³-hybridized carbons (Fsp3) is 0.500. The van der Waals surface area contributed by atoms with Crippen LogP contribution in [-0.2, 0) is 24.3 Å². The lowest BCUT2D eigenvalue weighted by Gasteiger charge is -2.26. The molecule has 0 aliphatic carbocycles. The molecule has 172 valence electrons. The van der Waals surface area contributed by atoms with E-state index >= 15 is 0 Å². The van der Waals surface area contributed by atoms with Crippen molar-refractivity contribution < 1.29 is 32.3 Å². The molecule has 0 aromatic heterocycles. The van der Waals surface area contributed by atoms with Gasteiger partial charge in [-0.05, 0) is 18.1 Å². The Labute approximate surface area is 190 Å². The fourth-order valence-corrected chi connectivity index (χ4v) is 4.75. The molecule has 1 heterocycles. The normalized spacial score (nSPS) is 14.9. The third kappa shape index (κ3) is 7.04. The Kier molecular flexibility index (Phi) is 9.07. The molecule has 1 aliphatic heterocycles. The summed E-state index contributed by atoms with van der Waals surface area (Å²) >= 11 is 12.1. The number of hydrogen-bond donors (Lipinski definition) is 2. The first-order valence-corrected chi connectivity index (χ1v) is 11.5. The van der Waals surface area contributed by atoms with Crippen molar-refractivity contribution in [3.63, 3.8) is 0 Å². The highest BCUT2D eigenvalue weighted by molar-refractivity contribution is 7.89. The minimum atomic E-state index is -4.00. The van der Waals surface area contributed by atoms with Crippen molar-refractivity contribution in [2.24, 2.45) is 5.92 Å². The summed E-state index contributed by atoms with van der Waals surface area (Å²) in [6.45, 7) is 4.11. The number of nitrogens with one attached hydrogen (secondary N) is 2. The summed E-state index contributed by atoms with van der Waals surface area (Å²) in [5, 5.41) is 4.18. The van der Waals surface area contributed by atoms with Crippen molar-refractivity contribution in [3.05, 3.63) is 27.7 Å². The number of ether oxygens (including phenoxy) is 2. The highest BCUT2D eigenvalue weighted by Gasteiger charge is 2.30. The number of morpholine rings is 1. The van der Waals surface area contributed by atoms with Gasteiger partial charge in [-0.2, -0.15) is 4.31 Å².